The lowest BCUT2D eigenvalue weighted by Crippen LogP contribution is -2.39. The van der Waals surface area contributed by atoms with Gasteiger partial charge in [0.1, 0.15) is 5.84 Å². The highest BCUT2D eigenvalue weighted by molar-refractivity contribution is 7.26. The normalized spacial score (nSPS) is 15.9. The van der Waals surface area contributed by atoms with Crippen molar-refractivity contribution < 1.29 is 0 Å². The molecule has 8 aromatic carbocycles. The van der Waals surface area contributed by atoms with Crippen LogP contribution in [0.5, 0.6) is 0 Å². The van der Waals surface area contributed by atoms with Crippen molar-refractivity contribution in [2.45, 2.75) is 45.6 Å². The Morgan fingerprint density at radius 2 is 1.25 bits per heavy atom. The van der Waals surface area contributed by atoms with Crippen molar-refractivity contribution in [2.75, 3.05) is 0 Å². The summed E-state index contributed by atoms with van der Waals surface area (Å²) < 4.78 is 5.06. The van der Waals surface area contributed by atoms with Crippen molar-refractivity contribution >= 4 is 75.6 Å². The zero-order valence-corrected chi connectivity index (χ0v) is 37.3. The molecular formula is C60H47N3S. The van der Waals surface area contributed by atoms with Gasteiger partial charge in [-0.3, -0.25) is 0 Å². The first-order valence-electron chi connectivity index (χ1n) is 22.6. The predicted octanol–water partition coefficient (Wildman–Crippen LogP) is 16.0. The van der Waals surface area contributed by atoms with Gasteiger partial charge in [0, 0.05) is 58.7 Å². The van der Waals surface area contributed by atoms with E-state index in [1.807, 2.05) is 11.3 Å². The highest BCUT2D eigenvalue weighted by Gasteiger charge is 2.36. The number of fused-ring (bicyclic) bond motifs is 12. The van der Waals surface area contributed by atoms with Gasteiger partial charge >= 0.3 is 0 Å². The molecule has 0 bridgehead atoms. The molecule has 3 nitrogen and oxygen atoms in total. The molecule has 0 saturated heterocycles. The van der Waals surface area contributed by atoms with Crippen LogP contribution in [0.3, 0.4) is 0 Å². The number of nitrogens with one attached hydrogen (secondary N) is 1. The second kappa shape index (κ2) is 14.9. The standard InChI is InChI=1S/C57H39N3S.C3H8/c1-57(2)47-16-8-5-13-41(47)42-27-21-38(33-48(42)57)55-44-15-6-9-17-49(44)58-56(59-55)35-19-25-39(26-20-35)60-50-18-10-7-14-43(50)45-31-36(22-28-51(45)60)37-24-29-52-46(32-37)54-40-12-4-3-11-34(40)23-30-53(54)61-52;1-3-2/h3-33,49H,1-2H3,(H,58,59);3H2,1-2H3. The predicted molar refractivity (Wildman–Crippen MR) is 275 cm³/mol. The number of aromatic nitrogens is 1. The van der Waals surface area contributed by atoms with Gasteiger partial charge in [-0.25, -0.2) is 4.99 Å². The van der Waals surface area contributed by atoms with Crippen molar-refractivity contribution in [3.63, 3.8) is 0 Å². The highest BCUT2D eigenvalue weighted by atomic mass is 32.1. The Hall–Kier alpha value is -7.27. The quantitative estimate of drug-likeness (QED) is 0.188. The number of thiophene rings is 1. The summed E-state index contributed by atoms with van der Waals surface area (Å²) in [4.78, 5) is 5.40. The molecule has 4 heteroatoms. The smallest absolute Gasteiger partial charge is 0.134 e. The van der Waals surface area contributed by atoms with Gasteiger partial charge in [0.25, 0.3) is 0 Å². The van der Waals surface area contributed by atoms with E-state index < -0.39 is 0 Å². The minimum Gasteiger partial charge on any atom is -0.359 e. The zero-order valence-electron chi connectivity index (χ0n) is 36.5. The Morgan fingerprint density at radius 3 is 2.11 bits per heavy atom. The van der Waals surface area contributed by atoms with Crippen LogP contribution in [-0.4, -0.2) is 16.4 Å². The van der Waals surface area contributed by atoms with E-state index in [2.05, 4.69) is 226 Å². The molecule has 0 fully saturated rings. The minimum absolute atomic E-state index is 0.0377. The monoisotopic (exact) mass is 841 g/mol. The Kier molecular flexibility index (Phi) is 8.96. The van der Waals surface area contributed by atoms with Gasteiger partial charge in [0.2, 0.25) is 0 Å². The second-order valence-electron chi connectivity index (χ2n) is 17.9. The minimum atomic E-state index is -0.0814. The molecule has 1 N–H and O–H groups in total. The molecule has 2 aliphatic carbocycles. The molecule has 13 rings (SSSR count). The van der Waals surface area contributed by atoms with Gasteiger partial charge < -0.3 is 9.88 Å². The summed E-state index contributed by atoms with van der Waals surface area (Å²) in [5.41, 5.74) is 15.7. The van der Waals surface area contributed by atoms with Crippen LogP contribution in [0, 0.1) is 0 Å². The summed E-state index contributed by atoms with van der Waals surface area (Å²) >= 11 is 1.88. The highest BCUT2D eigenvalue weighted by Crippen LogP contribution is 2.50. The lowest BCUT2D eigenvalue weighted by Gasteiger charge is -2.29. The summed E-state index contributed by atoms with van der Waals surface area (Å²) in [6.45, 7) is 8.93. The van der Waals surface area contributed by atoms with Crippen LogP contribution in [0.4, 0.5) is 0 Å². The SMILES string of the molecule is CC1(C)c2ccccc2-c2ccc(C3=C4C=CC=CC4NC(c4ccc(-n5c6ccccc6c6cc(-c7ccc8sc9ccc%10ccccc%10c9c8c7)ccc65)cc4)=N3)cc21.CCC. The third-order valence-corrected chi connectivity index (χ3v) is 14.6. The maximum Gasteiger partial charge on any atom is 0.134 e. The first-order valence-corrected chi connectivity index (χ1v) is 23.4. The summed E-state index contributed by atoms with van der Waals surface area (Å²) in [7, 11) is 0. The third kappa shape index (κ3) is 5.97. The van der Waals surface area contributed by atoms with E-state index in [9.17, 15) is 0 Å². The Balaban J connectivity index is 0.00000141. The number of aliphatic imine (C=N–C) groups is 1. The molecule has 0 radical (unpaired) electrons. The molecule has 64 heavy (non-hydrogen) atoms. The fraction of sp³-hybridized carbons (Fsp3) is 0.117. The van der Waals surface area contributed by atoms with Crippen LogP contribution < -0.4 is 5.32 Å². The summed E-state index contributed by atoms with van der Waals surface area (Å²) in [5.74, 6) is 0.883. The molecule has 0 spiro atoms. The molecule has 308 valence electrons. The number of rotatable bonds is 4. The molecule has 3 heterocycles. The maximum absolute atomic E-state index is 5.40. The molecule has 1 unspecified atom stereocenters. The average molecular weight is 842 g/mol. The van der Waals surface area contributed by atoms with Gasteiger partial charge in [-0.05, 0) is 111 Å². The van der Waals surface area contributed by atoms with Crippen LogP contribution in [0.15, 0.2) is 199 Å². The van der Waals surface area contributed by atoms with Crippen molar-refractivity contribution in [2.24, 2.45) is 4.99 Å². The number of para-hydroxylation sites is 1. The Labute approximate surface area is 378 Å². The van der Waals surface area contributed by atoms with Crippen LogP contribution in [0.1, 0.15) is 56.4 Å². The van der Waals surface area contributed by atoms with E-state index in [1.165, 1.54) is 98.1 Å². The van der Waals surface area contributed by atoms with E-state index in [0.717, 1.165) is 28.3 Å². The largest absolute Gasteiger partial charge is 0.359 e. The number of hydrogen-bond donors (Lipinski definition) is 1. The molecule has 1 aliphatic heterocycles. The van der Waals surface area contributed by atoms with Crippen molar-refractivity contribution in [3.8, 4) is 27.9 Å². The molecular weight excluding hydrogens is 795 g/mol. The number of nitrogens with zero attached hydrogens (tertiary/aromatic N) is 2. The summed E-state index contributed by atoms with van der Waals surface area (Å²) in [6, 6.07) is 60.7. The maximum atomic E-state index is 5.40. The lowest BCUT2D eigenvalue weighted by molar-refractivity contribution is 0.660. The summed E-state index contributed by atoms with van der Waals surface area (Å²) in [6.07, 6.45) is 9.95. The zero-order chi connectivity index (χ0) is 43.1. The van der Waals surface area contributed by atoms with Gasteiger partial charge in [-0.15, -0.1) is 11.3 Å². The van der Waals surface area contributed by atoms with Crippen LogP contribution in [-0.2, 0) is 5.41 Å². The molecule has 10 aromatic rings. The Morgan fingerprint density at radius 1 is 0.578 bits per heavy atom. The van der Waals surface area contributed by atoms with Crippen LogP contribution >= 0.6 is 11.3 Å². The summed E-state index contributed by atoms with van der Waals surface area (Å²) in [5, 5.41) is 11.5. The Bertz CT molecular complexity index is 3660. The molecule has 2 aromatic heterocycles. The molecule has 1 atom stereocenters. The van der Waals surface area contributed by atoms with Crippen LogP contribution in [0.25, 0.3) is 86.4 Å². The number of hydrogen-bond acceptors (Lipinski definition) is 3. The fourth-order valence-electron chi connectivity index (χ4n) is 10.4. The topological polar surface area (TPSA) is 29.3 Å². The number of allylic oxidation sites excluding steroid dienone is 2. The first kappa shape index (κ1) is 38.4. The molecule has 0 saturated carbocycles. The number of amidine groups is 1. The number of benzene rings is 8. The van der Waals surface area contributed by atoms with E-state index in [-0.39, 0.29) is 11.5 Å². The van der Waals surface area contributed by atoms with E-state index in [4.69, 9.17) is 4.99 Å². The van der Waals surface area contributed by atoms with E-state index in [0.29, 0.717) is 0 Å². The lowest BCUT2D eigenvalue weighted by atomic mass is 9.81. The van der Waals surface area contributed by atoms with Gasteiger partial charge in [-0.1, -0.05) is 155 Å². The molecule has 0 amide bonds. The van der Waals surface area contributed by atoms with Gasteiger partial charge in [0.15, 0.2) is 0 Å². The van der Waals surface area contributed by atoms with Crippen molar-refractivity contribution in [1.29, 1.82) is 0 Å². The van der Waals surface area contributed by atoms with Gasteiger partial charge in [-0.2, -0.15) is 0 Å². The van der Waals surface area contributed by atoms with Crippen molar-refractivity contribution in [1.82, 2.24) is 9.88 Å². The van der Waals surface area contributed by atoms with E-state index in [1.54, 1.807) is 0 Å². The van der Waals surface area contributed by atoms with E-state index >= 15 is 0 Å². The second-order valence-corrected chi connectivity index (χ2v) is 19.0. The van der Waals surface area contributed by atoms with Gasteiger partial charge in [0.05, 0.1) is 22.8 Å². The average Bonchev–Trinajstić information content (AvgIpc) is 3.96. The first-order chi connectivity index (χ1) is 31.4. The van der Waals surface area contributed by atoms with Crippen LogP contribution in [0.2, 0.25) is 0 Å². The van der Waals surface area contributed by atoms with Crippen molar-refractivity contribution in [3.05, 3.63) is 216 Å². The third-order valence-electron chi connectivity index (χ3n) is 13.4. The fourth-order valence-corrected chi connectivity index (χ4v) is 11.5. The molecule has 3 aliphatic rings.